The monoisotopic (exact) mass is 591 g/mol. The normalized spacial score (nSPS) is 13.5. The first-order valence-corrected chi connectivity index (χ1v) is 14.3. The van der Waals surface area contributed by atoms with E-state index in [0.717, 1.165) is 19.6 Å². The third-order valence-electron chi connectivity index (χ3n) is 7.11. The van der Waals surface area contributed by atoms with Gasteiger partial charge in [0.25, 0.3) is 0 Å². The maximum absolute atomic E-state index is 12.4. The Balaban J connectivity index is 1.21. The zero-order valence-corrected chi connectivity index (χ0v) is 23.9. The molecule has 0 spiro atoms. The summed E-state index contributed by atoms with van der Waals surface area (Å²) in [6.07, 6.45) is 2.55. The summed E-state index contributed by atoms with van der Waals surface area (Å²) in [6.45, 7) is 5.96. The van der Waals surface area contributed by atoms with Gasteiger partial charge in [-0.2, -0.15) is 0 Å². The number of thiocarbonyl (C=S) groups is 1. The summed E-state index contributed by atoms with van der Waals surface area (Å²) in [6, 6.07) is 13.9. The minimum atomic E-state index is -1.13. The molecule has 0 saturated carbocycles. The van der Waals surface area contributed by atoms with Crippen LogP contribution < -0.4 is 16.1 Å². The molecular formula is C31H33N3O7S. The van der Waals surface area contributed by atoms with E-state index in [1.165, 1.54) is 43.2 Å². The van der Waals surface area contributed by atoms with Gasteiger partial charge in [-0.15, -0.1) is 0 Å². The molecule has 5 rings (SSSR count). The molecule has 0 atom stereocenters. The highest BCUT2D eigenvalue weighted by atomic mass is 32.1. The Morgan fingerprint density at radius 2 is 1.71 bits per heavy atom. The predicted molar refractivity (Wildman–Crippen MR) is 165 cm³/mol. The maximum Gasteiger partial charge on any atom is 0.336 e. The minimum Gasteiger partial charge on any atom is -0.508 e. The van der Waals surface area contributed by atoms with Crippen molar-refractivity contribution >= 4 is 40.0 Å². The number of carbonyl (C=O) groups is 1. The van der Waals surface area contributed by atoms with Crippen LogP contribution in [0.4, 0.5) is 5.69 Å². The van der Waals surface area contributed by atoms with E-state index in [2.05, 4.69) is 15.5 Å². The number of nitrogens with one attached hydrogen (secondary N) is 2. The van der Waals surface area contributed by atoms with Crippen LogP contribution in [0, 0.1) is 0 Å². The maximum atomic E-state index is 12.4. The molecule has 1 saturated heterocycles. The average molecular weight is 592 g/mol. The van der Waals surface area contributed by atoms with Crippen LogP contribution in [0.15, 0.2) is 63.8 Å². The molecule has 2 aromatic rings. The molecule has 2 aliphatic heterocycles. The van der Waals surface area contributed by atoms with E-state index in [9.17, 15) is 19.8 Å². The quantitative estimate of drug-likeness (QED) is 0.106. The number of likely N-dealkylation sites (tertiary alicyclic amines) is 1. The standard InChI is InChI=1S/C31H33N3O7S/c35-21-4-7-24-27(18-21)41-28-19-22(36)5-8-25(28)29(24)23-6-3-20(17-26(23)30(37)38)33-31(42)32-9-13-39-15-16-40-14-12-34-10-1-2-11-34/h3-8,17-19,35H,1-2,9-16H2,(H,37,38)(H2,32,33,42). The zero-order valence-electron chi connectivity index (χ0n) is 23.1. The fourth-order valence-electron chi connectivity index (χ4n) is 5.10. The fraction of sp³-hybridized carbons (Fsp3) is 0.323. The van der Waals surface area contributed by atoms with Crippen LogP contribution in [0.1, 0.15) is 23.2 Å². The number of phenols is 1. The van der Waals surface area contributed by atoms with E-state index in [-0.39, 0.29) is 22.5 Å². The van der Waals surface area contributed by atoms with Crippen molar-refractivity contribution in [3.05, 3.63) is 70.4 Å². The molecule has 0 aromatic heterocycles. The van der Waals surface area contributed by atoms with Gasteiger partial charge in [-0.05, 0) is 80.1 Å². The number of anilines is 1. The lowest BCUT2D eigenvalue weighted by molar-refractivity contribution is 0.0426. The van der Waals surface area contributed by atoms with Gasteiger partial charge in [0, 0.05) is 47.4 Å². The van der Waals surface area contributed by atoms with Gasteiger partial charge in [0.2, 0.25) is 0 Å². The summed E-state index contributed by atoms with van der Waals surface area (Å²) < 4.78 is 17.1. The van der Waals surface area contributed by atoms with E-state index in [4.69, 9.17) is 26.1 Å². The van der Waals surface area contributed by atoms with E-state index in [1.54, 1.807) is 24.3 Å². The lowest BCUT2D eigenvalue weighted by Gasteiger charge is -2.18. The number of fused-ring (bicyclic) bond motifs is 2. The van der Waals surface area contributed by atoms with Crippen molar-refractivity contribution in [2.24, 2.45) is 0 Å². The average Bonchev–Trinajstić information content (AvgIpc) is 3.48. The largest absolute Gasteiger partial charge is 0.508 e. The number of carboxylic acid groups (broad SMARTS) is 1. The smallest absolute Gasteiger partial charge is 0.336 e. The molecule has 2 aromatic carbocycles. The van der Waals surface area contributed by atoms with Gasteiger partial charge in [0.1, 0.15) is 17.1 Å². The first kappa shape index (κ1) is 29.5. The molecule has 0 bridgehead atoms. The summed E-state index contributed by atoms with van der Waals surface area (Å²) in [5, 5.41) is 27.1. The topological polar surface area (TPSA) is 134 Å². The Morgan fingerprint density at radius 3 is 2.50 bits per heavy atom. The van der Waals surface area contributed by atoms with Crippen molar-refractivity contribution in [2.45, 2.75) is 12.8 Å². The first-order valence-electron chi connectivity index (χ1n) is 13.9. The summed E-state index contributed by atoms with van der Waals surface area (Å²) in [7, 11) is 0. The number of hydrogen-bond donors (Lipinski definition) is 4. The molecule has 11 heteroatoms. The highest BCUT2D eigenvalue weighted by Gasteiger charge is 2.22. The SMILES string of the molecule is O=C(O)c1cc(NC(=S)NCCOCCOCCN2CCCC2)ccc1-c1c2ccc(=O)cc-2oc2cc(O)ccc12. The van der Waals surface area contributed by atoms with Crippen molar-refractivity contribution in [3.63, 3.8) is 0 Å². The van der Waals surface area contributed by atoms with Crippen molar-refractivity contribution in [3.8, 4) is 28.2 Å². The third-order valence-corrected chi connectivity index (χ3v) is 7.35. The second-order valence-corrected chi connectivity index (χ2v) is 10.4. The van der Waals surface area contributed by atoms with E-state index < -0.39 is 5.97 Å². The van der Waals surface area contributed by atoms with E-state index in [1.807, 2.05) is 0 Å². The van der Waals surface area contributed by atoms with Crippen molar-refractivity contribution in [2.75, 3.05) is 57.9 Å². The van der Waals surface area contributed by atoms with E-state index >= 15 is 0 Å². The second-order valence-electron chi connectivity index (χ2n) is 10.0. The van der Waals surface area contributed by atoms with Crippen molar-refractivity contribution in [1.82, 2.24) is 10.2 Å². The highest BCUT2D eigenvalue weighted by Crippen LogP contribution is 2.42. The van der Waals surface area contributed by atoms with Gasteiger partial charge in [-0.1, -0.05) is 6.07 Å². The number of benzene rings is 3. The van der Waals surface area contributed by atoms with Crippen LogP contribution in [0.25, 0.3) is 33.4 Å². The number of rotatable bonds is 12. The molecule has 42 heavy (non-hydrogen) atoms. The summed E-state index contributed by atoms with van der Waals surface area (Å²) >= 11 is 5.39. The van der Waals surface area contributed by atoms with Crippen LogP contribution in [-0.4, -0.2) is 78.8 Å². The summed E-state index contributed by atoms with van der Waals surface area (Å²) in [4.78, 5) is 26.8. The molecule has 0 radical (unpaired) electrons. The van der Waals surface area contributed by atoms with Crippen molar-refractivity contribution in [1.29, 1.82) is 0 Å². The van der Waals surface area contributed by atoms with Gasteiger partial charge in [-0.25, -0.2) is 4.79 Å². The van der Waals surface area contributed by atoms with Crippen LogP contribution in [0.3, 0.4) is 0 Å². The number of nitrogens with zero attached hydrogens (tertiary/aromatic N) is 1. The number of aromatic hydroxyl groups is 1. The second kappa shape index (κ2) is 13.8. The Morgan fingerprint density at radius 1 is 0.952 bits per heavy atom. The summed E-state index contributed by atoms with van der Waals surface area (Å²) in [5.74, 6) is -0.860. The molecule has 1 fully saturated rings. The molecular weight excluding hydrogens is 558 g/mol. The van der Waals surface area contributed by atoms with Crippen LogP contribution in [0.2, 0.25) is 0 Å². The summed E-state index contributed by atoms with van der Waals surface area (Å²) in [5.41, 5.74) is 2.18. The van der Waals surface area contributed by atoms with Crippen LogP contribution in [0.5, 0.6) is 5.75 Å². The molecule has 3 aliphatic rings. The molecule has 2 heterocycles. The Kier molecular flexibility index (Phi) is 9.65. The molecule has 1 aliphatic carbocycles. The van der Waals surface area contributed by atoms with Crippen LogP contribution in [-0.2, 0) is 9.47 Å². The Hall–Kier alpha value is -4.03. The van der Waals surface area contributed by atoms with Gasteiger partial charge in [-0.3, -0.25) is 4.79 Å². The number of hydrogen-bond acceptors (Lipinski definition) is 8. The molecule has 10 nitrogen and oxygen atoms in total. The van der Waals surface area contributed by atoms with Gasteiger partial charge < -0.3 is 39.6 Å². The molecule has 220 valence electrons. The van der Waals surface area contributed by atoms with E-state index in [0.29, 0.717) is 71.4 Å². The fourth-order valence-corrected chi connectivity index (χ4v) is 5.32. The number of phenolic OH excluding ortho intramolecular Hbond substituents is 1. The minimum absolute atomic E-state index is 0.0134. The van der Waals surface area contributed by atoms with Crippen molar-refractivity contribution < 1.29 is 28.9 Å². The molecule has 4 N–H and O–H groups in total. The van der Waals surface area contributed by atoms with Gasteiger partial charge in [0.15, 0.2) is 10.5 Å². The highest BCUT2D eigenvalue weighted by molar-refractivity contribution is 7.80. The lowest BCUT2D eigenvalue weighted by atomic mass is 9.90. The Bertz CT molecular complexity index is 1600. The van der Waals surface area contributed by atoms with Crippen LogP contribution >= 0.6 is 12.2 Å². The Labute approximate surface area is 248 Å². The zero-order chi connectivity index (χ0) is 29.5. The lowest BCUT2D eigenvalue weighted by Crippen LogP contribution is -2.31. The number of ether oxygens (including phenoxy) is 2. The molecule has 0 unspecified atom stereocenters. The third kappa shape index (κ3) is 7.24. The number of carboxylic acids is 1. The predicted octanol–water partition coefficient (Wildman–Crippen LogP) is 4.38. The number of aromatic carboxylic acids is 1. The van der Waals surface area contributed by atoms with Gasteiger partial charge >= 0.3 is 5.97 Å². The molecule has 0 amide bonds. The first-order chi connectivity index (χ1) is 20.4. The van der Waals surface area contributed by atoms with Gasteiger partial charge in [0.05, 0.1) is 32.0 Å².